The van der Waals surface area contributed by atoms with Crippen molar-refractivity contribution in [1.29, 1.82) is 0 Å². The molecule has 116 valence electrons. The van der Waals surface area contributed by atoms with Crippen molar-refractivity contribution in [2.75, 3.05) is 18.5 Å². The molecule has 0 radical (unpaired) electrons. The van der Waals surface area contributed by atoms with E-state index in [-0.39, 0.29) is 18.9 Å². The van der Waals surface area contributed by atoms with Crippen molar-refractivity contribution in [2.45, 2.75) is 19.1 Å². The third-order valence-electron chi connectivity index (χ3n) is 3.57. The Labute approximate surface area is 118 Å². The van der Waals surface area contributed by atoms with Crippen molar-refractivity contribution in [1.82, 2.24) is 0 Å². The molecule has 2 unspecified atom stereocenters. The SMILES string of the molecule is CC1(C(=O)Nc2ccc(F)c(C(F)(F)F)c2)COCC1N. The highest BCUT2D eigenvalue weighted by atomic mass is 19.4. The number of carbonyl (C=O) groups excluding carboxylic acids is 1. The maximum Gasteiger partial charge on any atom is 0.419 e. The van der Waals surface area contributed by atoms with E-state index < -0.39 is 34.9 Å². The number of rotatable bonds is 2. The molecular formula is C13H14F4N2O2. The van der Waals surface area contributed by atoms with Gasteiger partial charge in [0, 0.05) is 11.7 Å². The third kappa shape index (κ3) is 3.01. The molecule has 4 nitrogen and oxygen atoms in total. The van der Waals surface area contributed by atoms with Gasteiger partial charge in [0.05, 0.1) is 24.2 Å². The van der Waals surface area contributed by atoms with Crippen LogP contribution in [0.15, 0.2) is 18.2 Å². The molecule has 0 aliphatic carbocycles. The molecule has 0 aromatic heterocycles. The van der Waals surface area contributed by atoms with Crippen LogP contribution in [0.3, 0.4) is 0 Å². The summed E-state index contributed by atoms with van der Waals surface area (Å²) in [6.07, 6.45) is -4.83. The van der Waals surface area contributed by atoms with Crippen molar-refractivity contribution in [3.8, 4) is 0 Å². The normalized spacial score (nSPS) is 25.9. The Morgan fingerprint density at radius 3 is 2.67 bits per heavy atom. The molecule has 1 aliphatic rings. The largest absolute Gasteiger partial charge is 0.419 e. The van der Waals surface area contributed by atoms with Gasteiger partial charge in [-0.15, -0.1) is 0 Å². The van der Waals surface area contributed by atoms with Crippen molar-refractivity contribution >= 4 is 11.6 Å². The summed E-state index contributed by atoms with van der Waals surface area (Å²) in [5.41, 5.74) is 3.15. The molecular weight excluding hydrogens is 292 g/mol. The summed E-state index contributed by atoms with van der Waals surface area (Å²) in [5, 5.41) is 2.33. The van der Waals surface area contributed by atoms with E-state index in [1.807, 2.05) is 0 Å². The van der Waals surface area contributed by atoms with Crippen LogP contribution in [0.5, 0.6) is 0 Å². The molecule has 2 atom stereocenters. The van der Waals surface area contributed by atoms with Gasteiger partial charge in [0.2, 0.25) is 5.91 Å². The minimum Gasteiger partial charge on any atom is -0.379 e. The second-order valence-corrected chi connectivity index (χ2v) is 5.19. The number of alkyl halides is 3. The molecule has 3 N–H and O–H groups in total. The highest BCUT2D eigenvalue weighted by Gasteiger charge is 2.44. The quantitative estimate of drug-likeness (QED) is 0.823. The first kappa shape index (κ1) is 15.7. The average Bonchev–Trinajstić information content (AvgIpc) is 2.72. The number of benzene rings is 1. The monoisotopic (exact) mass is 306 g/mol. The van der Waals surface area contributed by atoms with Gasteiger partial charge in [0.25, 0.3) is 0 Å². The van der Waals surface area contributed by atoms with E-state index in [2.05, 4.69) is 5.32 Å². The Balaban J connectivity index is 2.23. The van der Waals surface area contributed by atoms with Crippen molar-refractivity contribution in [2.24, 2.45) is 11.1 Å². The van der Waals surface area contributed by atoms with Gasteiger partial charge in [-0.05, 0) is 25.1 Å². The number of hydrogen-bond acceptors (Lipinski definition) is 3. The Bertz CT molecular complexity index is 562. The Hall–Kier alpha value is -1.67. The minimum atomic E-state index is -4.83. The fourth-order valence-corrected chi connectivity index (χ4v) is 2.02. The number of amides is 1. The van der Waals surface area contributed by atoms with Gasteiger partial charge < -0.3 is 15.8 Å². The Kier molecular flexibility index (Phi) is 3.94. The molecule has 1 saturated heterocycles. The summed E-state index contributed by atoms with van der Waals surface area (Å²) in [6.45, 7) is 1.84. The third-order valence-corrected chi connectivity index (χ3v) is 3.57. The fourth-order valence-electron chi connectivity index (χ4n) is 2.02. The predicted molar refractivity (Wildman–Crippen MR) is 66.9 cm³/mol. The Morgan fingerprint density at radius 2 is 2.14 bits per heavy atom. The van der Waals surface area contributed by atoms with Crippen LogP contribution in [0, 0.1) is 11.2 Å². The van der Waals surface area contributed by atoms with E-state index in [9.17, 15) is 22.4 Å². The van der Waals surface area contributed by atoms with Crippen molar-refractivity contribution in [3.63, 3.8) is 0 Å². The molecule has 0 saturated carbocycles. The summed E-state index contributed by atoms with van der Waals surface area (Å²) < 4.78 is 56.1. The first-order chi connectivity index (χ1) is 9.64. The lowest BCUT2D eigenvalue weighted by Gasteiger charge is -2.25. The van der Waals surface area contributed by atoms with Gasteiger partial charge in [0.15, 0.2) is 0 Å². The first-order valence-electron chi connectivity index (χ1n) is 6.16. The van der Waals surface area contributed by atoms with Gasteiger partial charge in [0.1, 0.15) is 5.82 Å². The number of carbonyl (C=O) groups is 1. The summed E-state index contributed by atoms with van der Waals surface area (Å²) >= 11 is 0. The maximum absolute atomic E-state index is 13.2. The van der Waals surface area contributed by atoms with Crippen molar-refractivity contribution < 1.29 is 27.1 Å². The van der Waals surface area contributed by atoms with E-state index in [0.717, 1.165) is 6.07 Å². The molecule has 0 bridgehead atoms. The van der Waals surface area contributed by atoms with E-state index in [1.54, 1.807) is 6.92 Å². The smallest absolute Gasteiger partial charge is 0.379 e. The molecule has 1 heterocycles. The molecule has 1 aromatic rings. The fraction of sp³-hybridized carbons (Fsp3) is 0.462. The van der Waals surface area contributed by atoms with Crippen LogP contribution < -0.4 is 11.1 Å². The second-order valence-electron chi connectivity index (χ2n) is 5.19. The van der Waals surface area contributed by atoms with Crippen LogP contribution in [-0.4, -0.2) is 25.2 Å². The van der Waals surface area contributed by atoms with Crippen molar-refractivity contribution in [3.05, 3.63) is 29.6 Å². The topological polar surface area (TPSA) is 64.3 Å². The lowest BCUT2D eigenvalue weighted by atomic mass is 9.85. The Morgan fingerprint density at radius 1 is 1.48 bits per heavy atom. The molecule has 1 aliphatic heterocycles. The molecule has 2 rings (SSSR count). The first-order valence-corrected chi connectivity index (χ1v) is 6.16. The number of anilines is 1. The lowest BCUT2D eigenvalue weighted by molar-refractivity contribution is -0.140. The van der Waals surface area contributed by atoms with Crippen LogP contribution in [-0.2, 0) is 15.7 Å². The highest BCUT2D eigenvalue weighted by molar-refractivity contribution is 5.96. The summed E-state index contributed by atoms with van der Waals surface area (Å²) in [6, 6.07) is 1.72. The van der Waals surface area contributed by atoms with Crippen LogP contribution >= 0.6 is 0 Å². The molecule has 1 aromatic carbocycles. The molecule has 1 fully saturated rings. The molecule has 1 amide bonds. The number of hydrogen-bond donors (Lipinski definition) is 2. The molecule has 21 heavy (non-hydrogen) atoms. The van der Waals surface area contributed by atoms with Gasteiger partial charge in [-0.1, -0.05) is 0 Å². The predicted octanol–water partition coefficient (Wildman–Crippen LogP) is 2.15. The maximum atomic E-state index is 13.2. The van der Waals surface area contributed by atoms with E-state index in [4.69, 9.17) is 10.5 Å². The zero-order valence-corrected chi connectivity index (χ0v) is 11.1. The van der Waals surface area contributed by atoms with Gasteiger partial charge in [-0.25, -0.2) is 4.39 Å². The lowest BCUT2D eigenvalue weighted by Crippen LogP contribution is -2.47. The van der Waals surface area contributed by atoms with Crippen LogP contribution in [0.25, 0.3) is 0 Å². The molecule has 8 heteroatoms. The standard InChI is InChI=1S/C13H14F4N2O2/c1-12(6-21-5-10(12)18)11(20)19-7-2-3-9(14)8(4-7)13(15,16)17/h2-4,10H,5-6,18H2,1H3,(H,19,20). The van der Waals surface area contributed by atoms with Crippen LogP contribution in [0.4, 0.5) is 23.2 Å². The number of ether oxygens (including phenoxy) is 1. The van der Waals surface area contributed by atoms with Gasteiger partial charge >= 0.3 is 6.18 Å². The van der Waals surface area contributed by atoms with Crippen LogP contribution in [0.1, 0.15) is 12.5 Å². The number of nitrogens with two attached hydrogens (primary N) is 1. The number of nitrogens with one attached hydrogen (secondary N) is 1. The van der Waals surface area contributed by atoms with Gasteiger partial charge in [-0.3, -0.25) is 4.79 Å². The summed E-state index contributed by atoms with van der Waals surface area (Å²) in [5.74, 6) is -1.96. The summed E-state index contributed by atoms with van der Waals surface area (Å²) in [7, 11) is 0. The highest BCUT2D eigenvalue weighted by Crippen LogP contribution is 2.34. The van der Waals surface area contributed by atoms with E-state index >= 15 is 0 Å². The van der Waals surface area contributed by atoms with Crippen LogP contribution in [0.2, 0.25) is 0 Å². The van der Waals surface area contributed by atoms with Gasteiger partial charge in [-0.2, -0.15) is 13.2 Å². The van der Waals surface area contributed by atoms with E-state index in [1.165, 1.54) is 0 Å². The summed E-state index contributed by atoms with van der Waals surface area (Å²) in [4.78, 5) is 12.1. The average molecular weight is 306 g/mol. The second kappa shape index (κ2) is 5.27. The minimum absolute atomic E-state index is 0.0767. The van der Waals surface area contributed by atoms with E-state index in [0.29, 0.717) is 12.1 Å². The number of halogens is 4. The zero-order chi connectivity index (χ0) is 15.8. The molecule has 0 spiro atoms. The zero-order valence-electron chi connectivity index (χ0n) is 11.1.